The van der Waals surface area contributed by atoms with Crippen LogP contribution in [0.25, 0.3) is 0 Å². The molecule has 3 atom stereocenters. The van der Waals surface area contributed by atoms with Crippen molar-refractivity contribution in [3.8, 4) is 0 Å². The zero-order valence-electron chi connectivity index (χ0n) is 7.18. The van der Waals surface area contributed by atoms with Crippen molar-refractivity contribution in [1.29, 1.82) is 0 Å². The molecule has 0 unspecified atom stereocenters. The van der Waals surface area contributed by atoms with Crippen LogP contribution in [0.5, 0.6) is 0 Å². The highest BCUT2D eigenvalue weighted by Gasteiger charge is 2.48. The molecule has 0 bridgehead atoms. The summed E-state index contributed by atoms with van der Waals surface area (Å²) >= 11 is 0. The number of carbonyl (C=O) groups is 1. The van der Waals surface area contributed by atoms with Gasteiger partial charge in [-0.2, -0.15) is 0 Å². The average Bonchev–Trinajstić information content (AvgIpc) is 2.75. The first-order chi connectivity index (χ1) is 5.33. The number of carbonyl (C=O) groups excluding carboxylic acids is 1. The quantitative estimate of drug-likeness (QED) is 0.593. The lowest BCUT2D eigenvalue weighted by molar-refractivity contribution is -0.126. The summed E-state index contributed by atoms with van der Waals surface area (Å²) < 4.78 is 0. The van der Waals surface area contributed by atoms with E-state index >= 15 is 0 Å². The minimum atomic E-state index is 0.448. The predicted octanol–water partition coefficient (Wildman–Crippen LogP) is 2.40. The average molecular weight is 152 g/mol. The van der Waals surface area contributed by atoms with E-state index in [0.717, 1.165) is 12.3 Å². The highest BCUT2D eigenvalue weighted by molar-refractivity contribution is 5.86. The Kier molecular flexibility index (Phi) is 1.74. The van der Waals surface area contributed by atoms with Crippen LogP contribution in [0.2, 0.25) is 0 Å². The van der Waals surface area contributed by atoms with Gasteiger partial charge in [-0.25, -0.2) is 0 Å². The zero-order valence-corrected chi connectivity index (χ0v) is 7.18. The van der Waals surface area contributed by atoms with Gasteiger partial charge in [-0.3, -0.25) is 4.79 Å². The van der Waals surface area contributed by atoms with Crippen molar-refractivity contribution >= 4 is 5.78 Å². The number of rotatable bonds is 2. The van der Waals surface area contributed by atoms with Crippen LogP contribution in [0, 0.1) is 17.8 Å². The second-order valence-corrected chi connectivity index (χ2v) is 4.07. The molecule has 0 saturated heterocycles. The molecule has 2 saturated carbocycles. The molecule has 2 aliphatic carbocycles. The van der Waals surface area contributed by atoms with Gasteiger partial charge in [-0.1, -0.05) is 13.3 Å². The SMILES string of the molecule is CCC[C@@H]1CC[C@H]2C[C@H]2C1=O. The van der Waals surface area contributed by atoms with Gasteiger partial charge in [0.15, 0.2) is 0 Å². The third kappa shape index (κ3) is 1.21. The van der Waals surface area contributed by atoms with Gasteiger partial charge < -0.3 is 0 Å². The van der Waals surface area contributed by atoms with E-state index < -0.39 is 0 Å². The zero-order chi connectivity index (χ0) is 7.84. The van der Waals surface area contributed by atoms with E-state index in [1.807, 2.05) is 0 Å². The summed E-state index contributed by atoms with van der Waals surface area (Å²) in [5.74, 6) is 2.38. The molecule has 1 nitrogen and oxygen atoms in total. The summed E-state index contributed by atoms with van der Waals surface area (Å²) in [7, 11) is 0. The fourth-order valence-corrected chi connectivity index (χ4v) is 2.41. The van der Waals surface area contributed by atoms with Crippen molar-refractivity contribution < 1.29 is 4.79 Å². The van der Waals surface area contributed by atoms with Crippen molar-refractivity contribution in [3.05, 3.63) is 0 Å². The Morgan fingerprint density at radius 1 is 1.45 bits per heavy atom. The Morgan fingerprint density at radius 3 is 3.00 bits per heavy atom. The third-order valence-electron chi connectivity index (χ3n) is 3.21. The van der Waals surface area contributed by atoms with Crippen LogP contribution in [0.4, 0.5) is 0 Å². The van der Waals surface area contributed by atoms with Gasteiger partial charge in [0.25, 0.3) is 0 Å². The predicted molar refractivity (Wildman–Crippen MR) is 44.2 cm³/mol. The number of ketones is 1. The minimum absolute atomic E-state index is 0.448. The first-order valence-electron chi connectivity index (χ1n) is 4.86. The summed E-state index contributed by atoms with van der Waals surface area (Å²) in [5.41, 5.74) is 0. The van der Waals surface area contributed by atoms with Crippen LogP contribution in [-0.4, -0.2) is 5.78 Å². The molecule has 0 aliphatic heterocycles. The van der Waals surface area contributed by atoms with E-state index in [9.17, 15) is 4.79 Å². The molecular weight excluding hydrogens is 136 g/mol. The fourth-order valence-electron chi connectivity index (χ4n) is 2.41. The molecule has 2 aliphatic rings. The van der Waals surface area contributed by atoms with E-state index in [0.29, 0.717) is 17.6 Å². The Hall–Kier alpha value is -0.330. The van der Waals surface area contributed by atoms with E-state index in [1.165, 1.54) is 25.7 Å². The lowest BCUT2D eigenvalue weighted by atomic mass is 9.85. The normalized spacial score (nSPS) is 41.9. The summed E-state index contributed by atoms with van der Waals surface area (Å²) in [5, 5.41) is 0. The van der Waals surface area contributed by atoms with E-state index in [-0.39, 0.29) is 0 Å². The van der Waals surface area contributed by atoms with Gasteiger partial charge in [0.05, 0.1) is 0 Å². The van der Waals surface area contributed by atoms with Crippen molar-refractivity contribution in [3.63, 3.8) is 0 Å². The van der Waals surface area contributed by atoms with Crippen molar-refractivity contribution in [2.45, 2.75) is 39.0 Å². The van der Waals surface area contributed by atoms with Gasteiger partial charge in [-0.05, 0) is 31.6 Å². The lowest BCUT2D eigenvalue weighted by Crippen LogP contribution is -2.21. The number of hydrogen-bond donors (Lipinski definition) is 0. The molecule has 2 rings (SSSR count). The maximum absolute atomic E-state index is 11.6. The smallest absolute Gasteiger partial charge is 0.139 e. The number of hydrogen-bond acceptors (Lipinski definition) is 1. The Bertz CT molecular complexity index is 174. The summed E-state index contributed by atoms with van der Waals surface area (Å²) in [6.07, 6.45) is 6.06. The molecule has 0 amide bonds. The molecule has 0 aromatic heterocycles. The molecule has 0 heterocycles. The van der Waals surface area contributed by atoms with E-state index in [2.05, 4.69) is 6.92 Å². The molecule has 11 heavy (non-hydrogen) atoms. The maximum Gasteiger partial charge on any atom is 0.139 e. The Morgan fingerprint density at radius 2 is 2.27 bits per heavy atom. The Balaban J connectivity index is 1.94. The van der Waals surface area contributed by atoms with E-state index in [1.54, 1.807) is 0 Å². The molecule has 62 valence electrons. The van der Waals surface area contributed by atoms with Crippen molar-refractivity contribution in [1.82, 2.24) is 0 Å². The van der Waals surface area contributed by atoms with Crippen LogP contribution in [0.15, 0.2) is 0 Å². The summed E-state index contributed by atoms with van der Waals surface area (Å²) in [6.45, 7) is 2.17. The first kappa shape index (κ1) is 7.33. The minimum Gasteiger partial charge on any atom is -0.299 e. The first-order valence-corrected chi connectivity index (χ1v) is 4.86. The Labute approximate surface area is 68.2 Å². The topological polar surface area (TPSA) is 17.1 Å². The number of Topliss-reactive ketones (excluding diaryl/α,β-unsaturated/α-hetero) is 1. The van der Waals surface area contributed by atoms with Gasteiger partial charge in [0, 0.05) is 11.8 Å². The molecule has 0 N–H and O–H groups in total. The molecule has 0 spiro atoms. The van der Waals surface area contributed by atoms with Gasteiger partial charge in [0.2, 0.25) is 0 Å². The molecule has 2 fully saturated rings. The molecule has 1 heteroatoms. The van der Waals surface area contributed by atoms with Crippen LogP contribution < -0.4 is 0 Å². The largest absolute Gasteiger partial charge is 0.299 e. The second-order valence-electron chi connectivity index (χ2n) is 4.07. The monoisotopic (exact) mass is 152 g/mol. The van der Waals surface area contributed by atoms with E-state index in [4.69, 9.17) is 0 Å². The summed E-state index contributed by atoms with van der Waals surface area (Å²) in [6, 6.07) is 0. The maximum atomic E-state index is 11.6. The van der Waals surface area contributed by atoms with Gasteiger partial charge in [0.1, 0.15) is 5.78 Å². The highest BCUT2D eigenvalue weighted by atomic mass is 16.1. The van der Waals surface area contributed by atoms with Crippen LogP contribution in [0.3, 0.4) is 0 Å². The molecule has 0 radical (unpaired) electrons. The standard InChI is InChI=1S/C10H16O/c1-2-3-7-4-5-8-6-9(8)10(7)11/h7-9H,2-6H2,1H3/t7-,8+,9-/m1/s1. The van der Waals surface area contributed by atoms with Crippen LogP contribution in [0.1, 0.15) is 39.0 Å². The van der Waals surface area contributed by atoms with Crippen LogP contribution >= 0.6 is 0 Å². The molecule has 0 aromatic rings. The second kappa shape index (κ2) is 2.62. The van der Waals surface area contributed by atoms with Gasteiger partial charge >= 0.3 is 0 Å². The van der Waals surface area contributed by atoms with Crippen molar-refractivity contribution in [2.24, 2.45) is 17.8 Å². The molecular formula is C10H16O. The third-order valence-corrected chi connectivity index (χ3v) is 3.21. The lowest BCUT2D eigenvalue weighted by Gasteiger charge is -2.18. The fraction of sp³-hybridized carbons (Fsp3) is 0.900. The van der Waals surface area contributed by atoms with Crippen LogP contribution in [-0.2, 0) is 4.79 Å². The highest BCUT2D eigenvalue weighted by Crippen LogP contribution is 2.49. The van der Waals surface area contributed by atoms with Crippen molar-refractivity contribution in [2.75, 3.05) is 0 Å². The number of fused-ring (bicyclic) bond motifs is 1. The molecule has 0 aromatic carbocycles. The summed E-state index contributed by atoms with van der Waals surface area (Å²) in [4.78, 5) is 11.6. The van der Waals surface area contributed by atoms with Gasteiger partial charge in [-0.15, -0.1) is 0 Å².